The number of aromatic nitrogens is 1. The van der Waals surface area contributed by atoms with Gasteiger partial charge in [0.15, 0.2) is 0 Å². The van der Waals surface area contributed by atoms with Gasteiger partial charge < -0.3 is 0 Å². The monoisotopic (exact) mass is 257 g/mol. The summed E-state index contributed by atoms with van der Waals surface area (Å²) >= 11 is 0. The van der Waals surface area contributed by atoms with Gasteiger partial charge in [0.2, 0.25) is 0 Å². The van der Waals surface area contributed by atoms with Crippen molar-refractivity contribution in [1.29, 1.82) is 0 Å². The van der Waals surface area contributed by atoms with Gasteiger partial charge in [-0.3, -0.25) is 4.98 Å². The van der Waals surface area contributed by atoms with Gasteiger partial charge in [0.25, 0.3) is 0 Å². The maximum Gasteiger partial charge on any atom is 0.0525 e. The van der Waals surface area contributed by atoms with E-state index in [2.05, 4.69) is 66.5 Å². The fourth-order valence-electron chi connectivity index (χ4n) is 3.19. The molecule has 4 rings (SSSR count). The zero-order chi connectivity index (χ0) is 13.5. The summed E-state index contributed by atoms with van der Waals surface area (Å²) in [5, 5.41) is 0. The Hall–Kier alpha value is -2.41. The molecule has 20 heavy (non-hydrogen) atoms. The first-order valence-corrected chi connectivity index (χ1v) is 6.95. The van der Waals surface area contributed by atoms with Gasteiger partial charge in [-0.25, -0.2) is 0 Å². The van der Waals surface area contributed by atoms with Crippen LogP contribution in [-0.2, 0) is 0 Å². The Bertz CT molecular complexity index is 775. The van der Waals surface area contributed by atoms with Crippen molar-refractivity contribution in [2.75, 3.05) is 0 Å². The van der Waals surface area contributed by atoms with Gasteiger partial charge in [0, 0.05) is 6.20 Å². The smallest absolute Gasteiger partial charge is 0.0525 e. The van der Waals surface area contributed by atoms with E-state index in [-0.39, 0.29) is 5.92 Å². The number of pyridine rings is 1. The highest BCUT2D eigenvalue weighted by molar-refractivity contribution is 5.80. The number of nitrogens with zero attached hydrogens (tertiary/aromatic N) is 1. The van der Waals surface area contributed by atoms with Gasteiger partial charge >= 0.3 is 0 Å². The first kappa shape index (κ1) is 11.4. The highest BCUT2D eigenvalue weighted by Gasteiger charge is 2.30. The third-order valence-electron chi connectivity index (χ3n) is 4.06. The predicted molar refractivity (Wildman–Crippen MR) is 81.8 cm³/mol. The third-order valence-corrected chi connectivity index (χ3v) is 4.06. The van der Waals surface area contributed by atoms with E-state index in [0.717, 1.165) is 5.69 Å². The summed E-state index contributed by atoms with van der Waals surface area (Å²) in [6, 6.07) is 21.6. The van der Waals surface area contributed by atoms with Crippen LogP contribution >= 0.6 is 0 Å². The lowest BCUT2D eigenvalue weighted by atomic mass is 9.92. The summed E-state index contributed by atoms with van der Waals surface area (Å²) in [7, 11) is 0. The number of fused-ring (bicyclic) bond motifs is 3. The highest BCUT2D eigenvalue weighted by atomic mass is 14.7. The van der Waals surface area contributed by atoms with E-state index < -0.39 is 0 Å². The molecule has 2 aromatic carbocycles. The molecule has 0 fully saturated rings. The van der Waals surface area contributed by atoms with E-state index in [1.54, 1.807) is 0 Å². The van der Waals surface area contributed by atoms with Crippen molar-refractivity contribution < 1.29 is 0 Å². The predicted octanol–water partition coefficient (Wildman–Crippen LogP) is 4.55. The number of hydrogen-bond acceptors (Lipinski definition) is 1. The van der Waals surface area contributed by atoms with Crippen molar-refractivity contribution in [3.63, 3.8) is 0 Å². The molecule has 0 radical (unpaired) electrons. The molecule has 1 heteroatoms. The third kappa shape index (κ3) is 1.60. The van der Waals surface area contributed by atoms with Crippen LogP contribution in [0.4, 0.5) is 0 Å². The summed E-state index contributed by atoms with van der Waals surface area (Å²) in [5.74, 6) is 0.266. The number of hydrogen-bond donors (Lipinski definition) is 0. The van der Waals surface area contributed by atoms with Crippen molar-refractivity contribution in [2.45, 2.75) is 12.8 Å². The van der Waals surface area contributed by atoms with E-state index in [0.29, 0.717) is 0 Å². The van der Waals surface area contributed by atoms with Crippen LogP contribution in [0.25, 0.3) is 11.1 Å². The molecule has 3 aromatic rings. The molecule has 0 saturated carbocycles. The molecule has 0 aliphatic heterocycles. The molecule has 1 heterocycles. The molecule has 1 aromatic heterocycles. The van der Waals surface area contributed by atoms with Gasteiger partial charge in [-0.2, -0.15) is 0 Å². The van der Waals surface area contributed by atoms with E-state index in [4.69, 9.17) is 0 Å². The molecule has 1 atom stereocenters. The zero-order valence-electron chi connectivity index (χ0n) is 11.4. The Morgan fingerprint density at radius 1 is 0.800 bits per heavy atom. The standard InChI is InChI=1S/C19H15N/c1-13-9-10-15-14-6-2-3-7-16(14)19(17(15)12-13)18-8-4-5-11-20-18/h2-12,19H,1H3. The minimum absolute atomic E-state index is 0.266. The Labute approximate surface area is 118 Å². The Morgan fingerprint density at radius 2 is 1.60 bits per heavy atom. The minimum atomic E-state index is 0.266. The van der Waals surface area contributed by atoms with Crippen molar-refractivity contribution in [3.8, 4) is 11.1 Å². The Kier molecular flexibility index (Phi) is 2.46. The van der Waals surface area contributed by atoms with Gasteiger partial charge in [-0.05, 0) is 41.3 Å². The van der Waals surface area contributed by atoms with Gasteiger partial charge in [0.1, 0.15) is 0 Å². The van der Waals surface area contributed by atoms with Crippen molar-refractivity contribution in [3.05, 3.63) is 89.2 Å². The van der Waals surface area contributed by atoms with Crippen molar-refractivity contribution >= 4 is 0 Å². The average molecular weight is 257 g/mol. The van der Waals surface area contributed by atoms with Crippen LogP contribution in [-0.4, -0.2) is 4.98 Å². The van der Waals surface area contributed by atoms with Crippen molar-refractivity contribution in [1.82, 2.24) is 4.98 Å². The van der Waals surface area contributed by atoms with Gasteiger partial charge in [0.05, 0.1) is 11.6 Å². The lowest BCUT2D eigenvalue weighted by molar-refractivity contribution is 0.944. The van der Waals surface area contributed by atoms with E-state index in [1.807, 2.05) is 12.3 Å². The maximum atomic E-state index is 4.59. The first-order valence-electron chi connectivity index (χ1n) is 6.95. The summed E-state index contributed by atoms with van der Waals surface area (Å²) in [5.41, 5.74) is 7.87. The summed E-state index contributed by atoms with van der Waals surface area (Å²) in [6.45, 7) is 2.15. The second kappa shape index (κ2) is 4.31. The molecular weight excluding hydrogens is 242 g/mol. The average Bonchev–Trinajstić information content (AvgIpc) is 2.81. The molecule has 96 valence electrons. The van der Waals surface area contributed by atoms with Crippen LogP contribution in [0.1, 0.15) is 28.3 Å². The van der Waals surface area contributed by atoms with E-state index in [9.17, 15) is 0 Å². The quantitative estimate of drug-likeness (QED) is 0.487. The Balaban J connectivity index is 2.02. The lowest BCUT2D eigenvalue weighted by Crippen LogP contribution is -2.01. The molecule has 0 saturated heterocycles. The largest absolute Gasteiger partial charge is 0.260 e. The molecule has 1 unspecified atom stereocenters. The second-order valence-electron chi connectivity index (χ2n) is 5.37. The molecule has 0 bridgehead atoms. The maximum absolute atomic E-state index is 4.59. The fraction of sp³-hybridized carbons (Fsp3) is 0.105. The molecule has 0 N–H and O–H groups in total. The molecular formula is C19H15N. The van der Waals surface area contributed by atoms with Gasteiger partial charge in [-0.15, -0.1) is 0 Å². The van der Waals surface area contributed by atoms with E-state index >= 15 is 0 Å². The molecule has 0 spiro atoms. The van der Waals surface area contributed by atoms with Crippen molar-refractivity contribution in [2.24, 2.45) is 0 Å². The van der Waals surface area contributed by atoms with Crippen LogP contribution in [0.5, 0.6) is 0 Å². The van der Waals surface area contributed by atoms with E-state index in [1.165, 1.54) is 27.8 Å². The van der Waals surface area contributed by atoms with Gasteiger partial charge in [-0.1, -0.05) is 54.1 Å². The topological polar surface area (TPSA) is 12.9 Å². The van der Waals surface area contributed by atoms with Crippen LogP contribution in [0, 0.1) is 6.92 Å². The molecule has 1 nitrogen and oxygen atoms in total. The molecule has 1 aliphatic rings. The lowest BCUT2D eigenvalue weighted by Gasteiger charge is -2.13. The van der Waals surface area contributed by atoms with Crippen LogP contribution in [0.2, 0.25) is 0 Å². The zero-order valence-corrected chi connectivity index (χ0v) is 11.4. The normalized spacial score (nSPS) is 15.8. The summed E-state index contributed by atoms with van der Waals surface area (Å²) < 4.78 is 0. The summed E-state index contributed by atoms with van der Waals surface area (Å²) in [6.07, 6.45) is 1.88. The minimum Gasteiger partial charge on any atom is -0.260 e. The second-order valence-corrected chi connectivity index (χ2v) is 5.37. The number of aryl methyl sites for hydroxylation is 1. The molecule has 1 aliphatic carbocycles. The number of rotatable bonds is 1. The van der Waals surface area contributed by atoms with Crippen LogP contribution in [0.15, 0.2) is 66.9 Å². The Morgan fingerprint density at radius 3 is 2.45 bits per heavy atom. The first-order chi connectivity index (χ1) is 9.84. The molecule has 0 amide bonds. The van der Waals surface area contributed by atoms with Crippen LogP contribution < -0.4 is 0 Å². The fourth-order valence-corrected chi connectivity index (χ4v) is 3.19. The van der Waals surface area contributed by atoms with Crippen LogP contribution in [0.3, 0.4) is 0 Å². The highest BCUT2D eigenvalue weighted by Crippen LogP contribution is 2.47. The SMILES string of the molecule is Cc1ccc2c(c1)C(c1ccccn1)c1ccccc1-2. The summed E-state index contributed by atoms with van der Waals surface area (Å²) in [4.78, 5) is 4.59. The number of benzene rings is 2.